The zero-order valence-corrected chi connectivity index (χ0v) is 22.2. The molecule has 0 radical (unpaired) electrons. The van der Waals surface area contributed by atoms with Gasteiger partial charge in [-0.2, -0.15) is 0 Å². The van der Waals surface area contributed by atoms with Gasteiger partial charge < -0.3 is 10.2 Å². The third-order valence-corrected chi connectivity index (χ3v) is 7.19. The SMILES string of the molecule is Cc1cccc(CC2C=C(c3nc(NCCCN(C)C)c4cccc(C)c4n3)c3cccc(Cl)c32)c1. The third-order valence-electron chi connectivity index (χ3n) is 6.86. The van der Waals surface area contributed by atoms with Crippen LogP contribution in [0.5, 0.6) is 0 Å². The Hall–Kier alpha value is -3.21. The van der Waals surface area contributed by atoms with Gasteiger partial charge in [0, 0.05) is 28.4 Å². The first-order valence-electron chi connectivity index (χ1n) is 12.6. The van der Waals surface area contributed by atoms with Crippen molar-refractivity contribution in [2.75, 3.05) is 32.5 Å². The standard InChI is InChI=1S/C31H33ClN4/c1-20-9-5-11-22(17-20)18-23-19-26(24-12-7-14-27(32)28(23)24)31-34-29-21(2)10-6-13-25(29)30(35-31)33-15-8-16-36(3)4/h5-7,9-14,17,19,23H,8,15-16,18H2,1-4H3,(H,33,34,35). The molecule has 3 aromatic carbocycles. The fourth-order valence-corrected chi connectivity index (χ4v) is 5.44. The summed E-state index contributed by atoms with van der Waals surface area (Å²) in [5.74, 6) is 1.82. The highest BCUT2D eigenvalue weighted by atomic mass is 35.5. The Morgan fingerprint density at radius 1 is 0.972 bits per heavy atom. The Kier molecular flexibility index (Phi) is 7.08. The van der Waals surface area contributed by atoms with Gasteiger partial charge in [-0.1, -0.05) is 71.8 Å². The van der Waals surface area contributed by atoms with Gasteiger partial charge in [-0.15, -0.1) is 0 Å². The second-order valence-corrected chi connectivity index (χ2v) is 10.4. The smallest absolute Gasteiger partial charge is 0.162 e. The van der Waals surface area contributed by atoms with Gasteiger partial charge in [0.15, 0.2) is 5.82 Å². The number of fused-ring (bicyclic) bond motifs is 2. The van der Waals surface area contributed by atoms with E-state index in [0.29, 0.717) is 0 Å². The Labute approximate surface area is 219 Å². The van der Waals surface area contributed by atoms with E-state index in [1.165, 1.54) is 16.7 Å². The highest BCUT2D eigenvalue weighted by Gasteiger charge is 2.28. The number of benzene rings is 3. The van der Waals surface area contributed by atoms with Crippen LogP contribution in [0.2, 0.25) is 5.02 Å². The highest BCUT2D eigenvalue weighted by molar-refractivity contribution is 6.32. The number of aryl methyl sites for hydroxylation is 2. The van der Waals surface area contributed by atoms with Crippen LogP contribution >= 0.6 is 11.6 Å². The number of hydrogen-bond donors (Lipinski definition) is 1. The molecule has 0 bridgehead atoms. The maximum atomic E-state index is 6.79. The molecular formula is C31H33ClN4. The van der Waals surface area contributed by atoms with Crippen molar-refractivity contribution in [1.82, 2.24) is 14.9 Å². The fraction of sp³-hybridized carbons (Fsp3) is 0.290. The zero-order valence-electron chi connectivity index (χ0n) is 21.5. The molecule has 36 heavy (non-hydrogen) atoms. The van der Waals surface area contributed by atoms with Gasteiger partial charge in [-0.05, 0) is 81.7 Å². The first-order valence-corrected chi connectivity index (χ1v) is 13.0. The molecule has 0 fully saturated rings. The molecule has 1 N–H and O–H groups in total. The molecule has 0 amide bonds. The van der Waals surface area contributed by atoms with Crippen molar-refractivity contribution in [2.45, 2.75) is 32.6 Å². The van der Waals surface area contributed by atoms with Crippen LogP contribution < -0.4 is 5.32 Å². The lowest BCUT2D eigenvalue weighted by Gasteiger charge is -2.15. The first-order chi connectivity index (χ1) is 17.4. The summed E-state index contributed by atoms with van der Waals surface area (Å²) >= 11 is 6.79. The van der Waals surface area contributed by atoms with Gasteiger partial charge >= 0.3 is 0 Å². The molecule has 0 aliphatic heterocycles. The molecule has 184 valence electrons. The molecule has 1 atom stereocenters. The fourth-order valence-electron chi connectivity index (χ4n) is 5.12. The Bertz CT molecular complexity index is 1440. The van der Waals surface area contributed by atoms with Crippen molar-refractivity contribution in [2.24, 2.45) is 0 Å². The monoisotopic (exact) mass is 496 g/mol. The van der Waals surface area contributed by atoms with Gasteiger partial charge in [0.2, 0.25) is 0 Å². The largest absolute Gasteiger partial charge is 0.369 e. The van der Waals surface area contributed by atoms with Gasteiger partial charge in [0.05, 0.1) is 5.52 Å². The average Bonchev–Trinajstić information content (AvgIpc) is 3.21. The molecule has 5 rings (SSSR count). The zero-order chi connectivity index (χ0) is 25.2. The minimum Gasteiger partial charge on any atom is -0.369 e. The number of nitrogens with one attached hydrogen (secondary N) is 1. The van der Waals surface area contributed by atoms with Gasteiger partial charge in [-0.3, -0.25) is 0 Å². The molecular weight excluding hydrogens is 464 g/mol. The van der Waals surface area contributed by atoms with Gasteiger partial charge in [-0.25, -0.2) is 9.97 Å². The van der Waals surface area contributed by atoms with Crippen molar-refractivity contribution in [1.29, 1.82) is 0 Å². The van der Waals surface area contributed by atoms with Crippen LogP contribution in [0.1, 0.15) is 46.0 Å². The van der Waals surface area contributed by atoms with Gasteiger partial charge in [0.25, 0.3) is 0 Å². The van der Waals surface area contributed by atoms with Crippen LogP contribution in [0, 0.1) is 13.8 Å². The third kappa shape index (κ3) is 5.02. The molecule has 1 aliphatic carbocycles. The van der Waals surface area contributed by atoms with E-state index in [-0.39, 0.29) is 5.92 Å². The predicted octanol–water partition coefficient (Wildman–Crippen LogP) is 7.04. The molecule has 1 aliphatic rings. The molecule has 0 saturated heterocycles. The number of hydrogen-bond acceptors (Lipinski definition) is 4. The van der Waals surface area contributed by atoms with E-state index < -0.39 is 0 Å². The second kappa shape index (κ2) is 10.4. The summed E-state index contributed by atoms with van der Waals surface area (Å²) < 4.78 is 0. The second-order valence-electron chi connectivity index (χ2n) is 10.0. The maximum absolute atomic E-state index is 6.79. The average molecular weight is 497 g/mol. The van der Waals surface area contributed by atoms with Crippen molar-refractivity contribution in [3.8, 4) is 0 Å². The number of aromatic nitrogens is 2. The molecule has 1 aromatic heterocycles. The number of rotatable bonds is 8. The van der Waals surface area contributed by atoms with E-state index in [2.05, 4.69) is 92.8 Å². The molecule has 1 heterocycles. The Balaban J connectivity index is 1.57. The van der Waals surface area contributed by atoms with Crippen molar-refractivity contribution in [3.63, 3.8) is 0 Å². The van der Waals surface area contributed by atoms with Crippen molar-refractivity contribution < 1.29 is 0 Å². The van der Waals surface area contributed by atoms with Crippen LogP contribution in [0.3, 0.4) is 0 Å². The first kappa shape index (κ1) is 24.5. The summed E-state index contributed by atoms with van der Waals surface area (Å²) in [5, 5.41) is 5.46. The van der Waals surface area contributed by atoms with Crippen LogP contribution in [0.15, 0.2) is 66.7 Å². The number of halogens is 1. The van der Waals surface area contributed by atoms with Gasteiger partial charge in [0.1, 0.15) is 5.82 Å². The number of nitrogens with zero attached hydrogens (tertiary/aromatic N) is 3. The molecule has 4 nitrogen and oxygen atoms in total. The lowest BCUT2D eigenvalue weighted by molar-refractivity contribution is 0.405. The summed E-state index contributed by atoms with van der Waals surface area (Å²) in [6.07, 6.45) is 4.25. The van der Waals surface area contributed by atoms with E-state index in [1.807, 2.05) is 12.1 Å². The minimum absolute atomic E-state index is 0.179. The van der Waals surface area contributed by atoms with E-state index in [1.54, 1.807) is 0 Å². The Morgan fingerprint density at radius 3 is 2.58 bits per heavy atom. The number of anilines is 1. The highest BCUT2D eigenvalue weighted by Crippen LogP contribution is 2.44. The number of allylic oxidation sites excluding steroid dienone is 1. The van der Waals surface area contributed by atoms with Crippen LogP contribution in [-0.2, 0) is 6.42 Å². The summed E-state index contributed by atoms with van der Waals surface area (Å²) in [5.41, 5.74) is 8.08. The topological polar surface area (TPSA) is 41.1 Å². The van der Waals surface area contributed by atoms with E-state index in [4.69, 9.17) is 21.6 Å². The van der Waals surface area contributed by atoms with Crippen LogP contribution in [0.4, 0.5) is 5.82 Å². The molecule has 0 saturated carbocycles. The van der Waals surface area contributed by atoms with Crippen molar-refractivity contribution in [3.05, 3.63) is 105 Å². The molecule has 0 spiro atoms. The maximum Gasteiger partial charge on any atom is 0.162 e. The summed E-state index contributed by atoms with van der Waals surface area (Å²) in [7, 11) is 4.20. The Morgan fingerprint density at radius 2 is 1.78 bits per heavy atom. The lowest BCUT2D eigenvalue weighted by Crippen LogP contribution is -2.17. The lowest BCUT2D eigenvalue weighted by atomic mass is 9.93. The van der Waals surface area contributed by atoms with Crippen LogP contribution in [0.25, 0.3) is 16.5 Å². The van der Waals surface area contributed by atoms with E-state index in [9.17, 15) is 0 Å². The molecule has 1 unspecified atom stereocenters. The quantitative estimate of drug-likeness (QED) is 0.266. The summed E-state index contributed by atoms with van der Waals surface area (Å²) in [6.45, 7) is 6.14. The predicted molar refractivity (Wildman–Crippen MR) is 152 cm³/mol. The van der Waals surface area contributed by atoms with E-state index in [0.717, 1.165) is 70.2 Å². The van der Waals surface area contributed by atoms with Crippen LogP contribution in [-0.4, -0.2) is 42.1 Å². The van der Waals surface area contributed by atoms with Crippen molar-refractivity contribution >= 4 is 33.9 Å². The summed E-state index contributed by atoms with van der Waals surface area (Å²) in [4.78, 5) is 12.4. The minimum atomic E-state index is 0.179. The molecule has 5 heteroatoms. The summed E-state index contributed by atoms with van der Waals surface area (Å²) in [6, 6.07) is 21.2. The van der Waals surface area contributed by atoms with E-state index >= 15 is 0 Å². The molecule has 4 aromatic rings. The normalized spacial score (nSPS) is 14.8. The number of para-hydroxylation sites is 1.